The summed E-state index contributed by atoms with van der Waals surface area (Å²) in [5.41, 5.74) is 2.26. The predicted molar refractivity (Wildman–Crippen MR) is 109 cm³/mol. The molecule has 146 valence electrons. The van der Waals surface area contributed by atoms with Crippen LogP contribution in [0.4, 0.5) is 0 Å². The van der Waals surface area contributed by atoms with Crippen molar-refractivity contribution < 1.29 is 14.3 Å². The number of hydrogen-bond acceptors (Lipinski definition) is 4. The fourth-order valence-corrected chi connectivity index (χ4v) is 2.99. The van der Waals surface area contributed by atoms with E-state index in [0.717, 1.165) is 36.3 Å². The molecule has 5 nitrogen and oxygen atoms in total. The number of amides is 1. The number of nitrogens with one attached hydrogen (secondary N) is 1. The third-order valence-corrected chi connectivity index (χ3v) is 4.50. The summed E-state index contributed by atoms with van der Waals surface area (Å²) < 4.78 is 10.6. The molecule has 0 aliphatic carbocycles. The van der Waals surface area contributed by atoms with E-state index in [1.165, 1.54) is 0 Å². The summed E-state index contributed by atoms with van der Waals surface area (Å²) in [6.07, 6.45) is 1.59. The standard InChI is InChI=1S/C21H27ClN2O3/c1-24(12-10-17-7-8-19(26-2)20(14-17)27-3)15-21(25)23-11-9-16-5-4-6-18(22)13-16/h4-8,13-14H,9-12,15H2,1-3H3,(H,23,25). The molecule has 0 aromatic heterocycles. The molecule has 2 aromatic carbocycles. The summed E-state index contributed by atoms with van der Waals surface area (Å²) in [7, 11) is 5.19. The van der Waals surface area contributed by atoms with Crippen LogP contribution < -0.4 is 14.8 Å². The maximum atomic E-state index is 12.1. The van der Waals surface area contributed by atoms with E-state index in [4.69, 9.17) is 21.1 Å². The van der Waals surface area contributed by atoms with Crippen LogP contribution in [0.25, 0.3) is 0 Å². The van der Waals surface area contributed by atoms with Crippen molar-refractivity contribution in [2.75, 3.05) is 40.9 Å². The molecule has 0 saturated heterocycles. The van der Waals surface area contributed by atoms with E-state index in [1.807, 2.05) is 54.4 Å². The van der Waals surface area contributed by atoms with E-state index in [9.17, 15) is 4.79 Å². The van der Waals surface area contributed by atoms with Gasteiger partial charge in [0.2, 0.25) is 5.91 Å². The highest BCUT2D eigenvalue weighted by Crippen LogP contribution is 2.27. The van der Waals surface area contributed by atoms with Crippen LogP contribution in [0.5, 0.6) is 11.5 Å². The number of hydrogen-bond donors (Lipinski definition) is 1. The number of nitrogens with zero attached hydrogens (tertiary/aromatic N) is 1. The van der Waals surface area contributed by atoms with Gasteiger partial charge in [-0.3, -0.25) is 9.69 Å². The Balaban J connectivity index is 1.71. The Hall–Kier alpha value is -2.24. The van der Waals surface area contributed by atoms with E-state index in [0.29, 0.717) is 23.9 Å². The second-order valence-electron chi connectivity index (χ2n) is 6.41. The topological polar surface area (TPSA) is 50.8 Å². The molecule has 0 atom stereocenters. The van der Waals surface area contributed by atoms with Crippen LogP contribution >= 0.6 is 11.6 Å². The van der Waals surface area contributed by atoms with Crippen molar-refractivity contribution in [3.8, 4) is 11.5 Å². The minimum atomic E-state index is 0.0202. The molecule has 0 fully saturated rings. The number of benzene rings is 2. The highest BCUT2D eigenvalue weighted by molar-refractivity contribution is 6.30. The number of ether oxygens (including phenoxy) is 2. The lowest BCUT2D eigenvalue weighted by Gasteiger charge is -2.17. The number of likely N-dealkylation sites (N-methyl/N-ethyl adjacent to an activating group) is 1. The van der Waals surface area contributed by atoms with Crippen LogP contribution in [0.15, 0.2) is 42.5 Å². The fourth-order valence-electron chi connectivity index (χ4n) is 2.77. The van der Waals surface area contributed by atoms with Gasteiger partial charge in [-0.05, 0) is 55.3 Å². The van der Waals surface area contributed by atoms with Crippen LogP contribution in [-0.2, 0) is 17.6 Å². The van der Waals surface area contributed by atoms with Crippen LogP contribution in [0.3, 0.4) is 0 Å². The van der Waals surface area contributed by atoms with Crippen molar-refractivity contribution in [1.82, 2.24) is 10.2 Å². The lowest BCUT2D eigenvalue weighted by Crippen LogP contribution is -2.36. The third kappa shape index (κ3) is 7.12. The number of rotatable bonds is 10. The molecule has 0 radical (unpaired) electrons. The Kier molecular flexibility index (Phi) is 8.43. The van der Waals surface area contributed by atoms with Crippen LogP contribution in [0, 0.1) is 0 Å². The molecular formula is C21H27ClN2O3. The summed E-state index contributed by atoms with van der Waals surface area (Å²) in [5.74, 6) is 1.46. The largest absolute Gasteiger partial charge is 0.493 e. The zero-order valence-corrected chi connectivity index (χ0v) is 16.9. The Morgan fingerprint density at radius 2 is 1.78 bits per heavy atom. The van der Waals surface area contributed by atoms with Crippen LogP contribution in [0.1, 0.15) is 11.1 Å². The molecule has 2 rings (SSSR count). The molecule has 0 aliphatic heterocycles. The Morgan fingerprint density at radius 3 is 2.48 bits per heavy atom. The summed E-state index contributed by atoms with van der Waals surface area (Å²) in [4.78, 5) is 14.1. The molecule has 1 N–H and O–H groups in total. The van der Waals surface area contributed by atoms with Gasteiger partial charge in [0.25, 0.3) is 0 Å². The van der Waals surface area contributed by atoms with Gasteiger partial charge in [-0.2, -0.15) is 0 Å². The quantitative estimate of drug-likeness (QED) is 0.677. The molecule has 0 unspecified atom stereocenters. The van der Waals surface area contributed by atoms with Crippen molar-refractivity contribution in [3.63, 3.8) is 0 Å². The lowest BCUT2D eigenvalue weighted by molar-refractivity contribution is -0.121. The van der Waals surface area contributed by atoms with E-state index < -0.39 is 0 Å². The Bertz CT molecular complexity index is 752. The summed E-state index contributed by atoms with van der Waals surface area (Å²) in [6.45, 7) is 1.74. The van der Waals surface area contributed by atoms with Crippen LogP contribution in [-0.4, -0.2) is 51.7 Å². The highest BCUT2D eigenvalue weighted by Gasteiger charge is 2.08. The highest BCUT2D eigenvalue weighted by atomic mass is 35.5. The maximum Gasteiger partial charge on any atom is 0.234 e. The third-order valence-electron chi connectivity index (χ3n) is 4.27. The Labute approximate surface area is 166 Å². The zero-order valence-electron chi connectivity index (χ0n) is 16.1. The second-order valence-corrected chi connectivity index (χ2v) is 6.84. The Morgan fingerprint density at radius 1 is 1.04 bits per heavy atom. The second kappa shape index (κ2) is 10.8. The van der Waals surface area contributed by atoms with E-state index in [2.05, 4.69) is 5.32 Å². The van der Waals surface area contributed by atoms with Gasteiger partial charge in [0, 0.05) is 18.1 Å². The molecule has 0 saturated carbocycles. The molecule has 1 amide bonds. The first kappa shape index (κ1) is 21.1. The molecule has 0 aliphatic rings. The van der Waals surface area contributed by atoms with Gasteiger partial charge >= 0.3 is 0 Å². The fraction of sp³-hybridized carbons (Fsp3) is 0.381. The first-order valence-corrected chi connectivity index (χ1v) is 9.30. The number of carbonyl (C=O) groups is 1. The lowest BCUT2D eigenvalue weighted by atomic mass is 10.1. The number of carbonyl (C=O) groups excluding carboxylic acids is 1. The smallest absolute Gasteiger partial charge is 0.234 e. The minimum absolute atomic E-state index is 0.0202. The van der Waals surface area contributed by atoms with Gasteiger partial charge in [0.15, 0.2) is 11.5 Å². The molecule has 0 heterocycles. The van der Waals surface area contributed by atoms with Crippen molar-refractivity contribution in [2.45, 2.75) is 12.8 Å². The SMILES string of the molecule is COc1ccc(CCN(C)CC(=O)NCCc2cccc(Cl)c2)cc1OC. The van der Waals surface area contributed by atoms with Crippen molar-refractivity contribution >= 4 is 17.5 Å². The molecule has 2 aromatic rings. The molecule has 6 heteroatoms. The summed E-state index contributed by atoms with van der Waals surface area (Å²) in [6, 6.07) is 13.6. The average Bonchev–Trinajstić information content (AvgIpc) is 2.66. The van der Waals surface area contributed by atoms with Crippen molar-refractivity contribution in [2.24, 2.45) is 0 Å². The van der Waals surface area contributed by atoms with Crippen molar-refractivity contribution in [1.29, 1.82) is 0 Å². The van der Waals surface area contributed by atoms with Crippen molar-refractivity contribution in [3.05, 3.63) is 58.6 Å². The normalized spacial score (nSPS) is 10.7. The van der Waals surface area contributed by atoms with Gasteiger partial charge in [0.05, 0.1) is 20.8 Å². The van der Waals surface area contributed by atoms with Gasteiger partial charge in [-0.25, -0.2) is 0 Å². The predicted octanol–water partition coefficient (Wildman–Crippen LogP) is 3.19. The van der Waals surface area contributed by atoms with Crippen LogP contribution in [0.2, 0.25) is 5.02 Å². The average molecular weight is 391 g/mol. The maximum absolute atomic E-state index is 12.1. The van der Waals surface area contributed by atoms with E-state index in [-0.39, 0.29) is 5.91 Å². The van der Waals surface area contributed by atoms with E-state index >= 15 is 0 Å². The van der Waals surface area contributed by atoms with Gasteiger partial charge in [-0.15, -0.1) is 0 Å². The molecule has 0 bridgehead atoms. The first-order chi connectivity index (χ1) is 13.0. The number of methoxy groups -OCH3 is 2. The van der Waals surface area contributed by atoms with Gasteiger partial charge in [-0.1, -0.05) is 29.8 Å². The van der Waals surface area contributed by atoms with Gasteiger partial charge < -0.3 is 14.8 Å². The van der Waals surface area contributed by atoms with Gasteiger partial charge in [0.1, 0.15) is 0 Å². The van der Waals surface area contributed by atoms with E-state index in [1.54, 1.807) is 14.2 Å². The summed E-state index contributed by atoms with van der Waals surface area (Å²) >= 11 is 5.97. The summed E-state index contributed by atoms with van der Waals surface area (Å²) in [5, 5.41) is 3.67. The molecule has 27 heavy (non-hydrogen) atoms. The first-order valence-electron chi connectivity index (χ1n) is 8.92. The number of halogens is 1. The minimum Gasteiger partial charge on any atom is -0.493 e. The zero-order chi connectivity index (χ0) is 19.6. The molecular weight excluding hydrogens is 364 g/mol. The molecule has 0 spiro atoms. The monoisotopic (exact) mass is 390 g/mol.